The van der Waals surface area contributed by atoms with Crippen LogP contribution in [0.25, 0.3) is 0 Å². The lowest BCUT2D eigenvalue weighted by Gasteiger charge is -2.07. The zero-order valence-corrected chi connectivity index (χ0v) is 14.1. The molecule has 7 nitrogen and oxygen atoms in total. The Kier molecular flexibility index (Phi) is 6.02. The highest BCUT2D eigenvalue weighted by molar-refractivity contribution is 9.10. The average molecular weight is 392 g/mol. The van der Waals surface area contributed by atoms with E-state index in [9.17, 15) is 19.7 Å². The normalized spacial score (nSPS) is 10.0. The first-order valence-electron chi connectivity index (χ1n) is 7.04. The average Bonchev–Trinajstić information content (AvgIpc) is 2.54. The van der Waals surface area contributed by atoms with E-state index in [1.807, 2.05) is 6.07 Å². The Bertz CT molecular complexity index is 762. The minimum atomic E-state index is -0.534. The van der Waals surface area contributed by atoms with E-state index in [1.54, 1.807) is 18.2 Å². The fraction of sp³-hybridized carbons (Fsp3) is 0.125. The van der Waals surface area contributed by atoms with E-state index in [-0.39, 0.29) is 30.5 Å². The number of benzene rings is 2. The molecule has 2 aromatic rings. The molecule has 0 aliphatic rings. The highest BCUT2D eigenvalue weighted by Crippen LogP contribution is 2.15. The summed E-state index contributed by atoms with van der Waals surface area (Å²) < 4.78 is 0.853. The molecule has 124 valence electrons. The Labute approximate surface area is 146 Å². The van der Waals surface area contributed by atoms with Gasteiger partial charge >= 0.3 is 0 Å². The van der Waals surface area contributed by atoms with E-state index in [4.69, 9.17) is 0 Å². The van der Waals surface area contributed by atoms with Crippen molar-refractivity contribution in [1.29, 1.82) is 0 Å². The molecule has 0 saturated heterocycles. The number of non-ortho nitro benzene ring substituents is 1. The molecule has 0 unspecified atom stereocenters. The van der Waals surface area contributed by atoms with Gasteiger partial charge in [-0.2, -0.15) is 0 Å². The third-order valence-electron chi connectivity index (χ3n) is 3.09. The Morgan fingerprint density at radius 3 is 2.46 bits per heavy atom. The van der Waals surface area contributed by atoms with Crippen LogP contribution >= 0.6 is 15.9 Å². The van der Waals surface area contributed by atoms with Crippen LogP contribution in [0, 0.1) is 10.1 Å². The van der Waals surface area contributed by atoms with Gasteiger partial charge in [0.25, 0.3) is 11.6 Å². The molecular weight excluding hydrogens is 378 g/mol. The predicted molar refractivity (Wildman–Crippen MR) is 92.8 cm³/mol. The molecule has 0 atom stereocenters. The van der Waals surface area contributed by atoms with E-state index in [2.05, 4.69) is 26.6 Å². The number of nitro benzene ring substituents is 1. The molecule has 0 aliphatic carbocycles. The first kappa shape index (κ1) is 17.6. The Morgan fingerprint density at radius 1 is 1.12 bits per heavy atom. The molecule has 8 heteroatoms. The fourth-order valence-corrected chi connectivity index (χ4v) is 2.32. The maximum Gasteiger partial charge on any atom is 0.269 e. The second-order valence-electron chi connectivity index (χ2n) is 4.87. The van der Waals surface area contributed by atoms with Crippen molar-refractivity contribution in [3.63, 3.8) is 0 Å². The van der Waals surface area contributed by atoms with Crippen LogP contribution < -0.4 is 10.6 Å². The van der Waals surface area contributed by atoms with Gasteiger partial charge in [0, 0.05) is 40.8 Å². The van der Waals surface area contributed by atoms with E-state index >= 15 is 0 Å². The molecule has 0 aromatic heterocycles. The van der Waals surface area contributed by atoms with Crippen LogP contribution in [0.4, 0.5) is 11.4 Å². The van der Waals surface area contributed by atoms with E-state index in [0.717, 1.165) is 4.47 Å². The SMILES string of the molecule is O=C(CCNC(=O)c1ccc([N+](=O)[O-])cc1)Nc1cccc(Br)c1. The number of anilines is 1. The largest absolute Gasteiger partial charge is 0.352 e. The molecule has 24 heavy (non-hydrogen) atoms. The lowest BCUT2D eigenvalue weighted by atomic mass is 10.2. The first-order chi connectivity index (χ1) is 11.5. The zero-order valence-electron chi connectivity index (χ0n) is 12.5. The van der Waals surface area contributed by atoms with E-state index in [1.165, 1.54) is 24.3 Å². The summed E-state index contributed by atoms with van der Waals surface area (Å²) in [4.78, 5) is 33.7. The molecule has 0 saturated carbocycles. The van der Waals surface area contributed by atoms with Gasteiger partial charge in [0.15, 0.2) is 0 Å². The summed E-state index contributed by atoms with van der Waals surface area (Å²) in [5, 5.41) is 15.9. The number of halogens is 1. The summed E-state index contributed by atoms with van der Waals surface area (Å²) in [5.41, 5.74) is 0.879. The topological polar surface area (TPSA) is 101 Å². The highest BCUT2D eigenvalue weighted by Gasteiger charge is 2.10. The van der Waals surface area contributed by atoms with Crippen molar-refractivity contribution >= 4 is 39.1 Å². The van der Waals surface area contributed by atoms with Crippen molar-refractivity contribution in [2.24, 2.45) is 0 Å². The lowest BCUT2D eigenvalue weighted by Crippen LogP contribution is -2.27. The quantitative estimate of drug-likeness (QED) is 0.583. The molecule has 0 spiro atoms. The number of rotatable bonds is 6. The number of carbonyl (C=O) groups is 2. The minimum absolute atomic E-state index is 0.0834. The highest BCUT2D eigenvalue weighted by atomic mass is 79.9. The zero-order chi connectivity index (χ0) is 17.5. The molecule has 2 N–H and O–H groups in total. The number of nitrogens with zero attached hydrogens (tertiary/aromatic N) is 1. The smallest absolute Gasteiger partial charge is 0.269 e. The second kappa shape index (κ2) is 8.21. The molecular formula is C16H14BrN3O4. The van der Waals surface area contributed by atoms with Crippen LogP contribution in [0.5, 0.6) is 0 Å². The number of nitro groups is 1. The molecule has 0 radical (unpaired) electrons. The van der Waals surface area contributed by atoms with Crippen LogP contribution in [-0.4, -0.2) is 23.3 Å². The molecule has 2 amide bonds. The summed E-state index contributed by atoms with van der Waals surface area (Å²) in [7, 11) is 0. The molecule has 0 bridgehead atoms. The van der Waals surface area contributed by atoms with Crippen molar-refractivity contribution in [2.45, 2.75) is 6.42 Å². The van der Waals surface area contributed by atoms with Crippen LogP contribution in [0.15, 0.2) is 53.0 Å². The van der Waals surface area contributed by atoms with Gasteiger partial charge in [0.1, 0.15) is 0 Å². The van der Waals surface area contributed by atoms with Gasteiger partial charge in [-0.3, -0.25) is 19.7 Å². The molecule has 0 aliphatic heterocycles. The third-order valence-corrected chi connectivity index (χ3v) is 3.58. The molecule has 2 rings (SSSR count). The summed E-state index contributed by atoms with van der Waals surface area (Å²) in [6.07, 6.45) is 0.116. The Morgan fingerprint density at radius 2 is 1.83 bits per heavy atom. The van der Waals surface area contributed by atoms with Gasteiger partial charge in [-0.05, 0) is 30.3 Å². The van der Waals surface area contributed by atoms with Crippen LogP contribution in [0.2, 0.25) is 0 Å². The van der Waals surface area contributed by atoms with Crippen molar-refractivity contribution < 1.29 is 14.5 Å². The summed E-state index contributed by atoms with van der Waals surface area (Å²) in [5.74, 6) is -0.614. The van der Waals surface area contributed by atoms with Crippen molar-refractivity contribution in [1.82, 2.24) is 5.32 Å². The van der Waals surface area contributed by atoms with Gasteiger partial charge in [0.2, 0.25) is 5.91 Å². The number of hydrogen-bond acceptors (Lipinski definition) is 4. The van der Waals surface area contributed by atoms with Gasteiger partial charge < -0.3 is 10.6 Å². The van der Waals surface area contributed by atoms with Crippen molar-refractivity contribution in [3.05, 3.63) is 68.7 Å². The summed E-state index contributed by atoms with van der Waals surface area (Å²) in [6.45, 7) is 0.162. The molecule has 2 aromatic carbocycles. The molecule has 0 fully saturated rings. The standard InChI is InChI=1S/C16H14BrN3O4/c17-12-2-1-3-13(10-12)19-15(21)8-9-18-16(22)11-4-6-14(7-5-11)20(23)24/h1-7,10H,8-9H2,(H,18,22)(H,19,21). The second-order valence-corrected chi connectivity index (χ2v) is 5.78. The number of hydrogen-bond donors (Lipinski definition) is 2. The van der Waals surface area contributed by atoms with E-state index < -0.39 is 4.92 Å². The Balaban J connectivity index is 1.79. The first-order valence-corrected chi connectivity index (χ1v) is 7.83. The third kappa shape index (κ3) is 5.17. The summed E-state index contributed by atoms with van der Waals surface area (Å²) >= 11 is 3.31. The van der Waals surface area contributed by atoms with Gasteiger partial charge in [-0.1, -0.05) is 22.0 Å². The number of nitrogens with one attached hydrogen (secondary N) is 2. The van der Waals surface area contributed by atoms with Gasteiger partial charge in [-0.15, -0.1) is 0 Å². The number of carbonyl (C=O) groups excluding carboxylic acids is 2. The van der Waals surface area contributed by atoms with Gasteiger partial charge in [0.05, 0.1) is 4.92 Å². The Hall–Kier alpha value is -2.74. The maximum absolute atomic E-state index is 11.9. The lowest BCUT2D eigenvalue weighted by molar-refractivity contribution is -0.384. The molecule has 0 heterocycles. The van der Waals surface area contributed by atoms with Crippen LogP contribution in [-0.2, 0) is 4.79 Å². The van der Waals surface area contributed by atoms with E-state index in [0.29, 0.717) is 11.3 Å². The van der Waals surface area contributed by atoms with Crippen molar-refractivity contribution in [2.75, 3.05) is 11.9 Å². The summed E-state index contributed by atoms with van der Waals surface area (Å²) in [6, 6.07) is 12.4. The van der Waals surface area contributed by atoms with Crippen molar-refractivity contribution in [3.8, 4) is 0 Å². The van der Waals surface area contributed by atoms with Gasteiger partial charge in [-0.25, -0.2) is 0 Å². The minimum Gasteiger partial charge on any atom is -0.352 e. The monoisotopic (exact) mass is 391 g/mol. The van der Waals surface area contributed by atoms with Crippen LogP contribution in [0.3, 0.4) is 0 Å². The number of amides is 2. The predicted octanol–water partition coefficient (Wildman–Crippen LogP) is 3.12. The fourth-order valence-electron chi connectivity index (χ4n) is 1.92. The van der Waals surface area contributed by atoms with Crippen LogP contribution in [0.1, 0.15) is 16.8 Å². The maximum atomic E-state index is 11.9.